The van der Waals surface area contributed by atoms with Gasteiger partial charge in [0.05, 0.1) is 19.8 Å². The van der Waals surface area contributed by atoms with Crippen LogP contribution >= 0.6 is 11.8 Å². The second kappa shape index (κ2) is 12.7. The Morgan fingerprint density at radius 2 is 1.58 bits per heavy atom. The van der Waals surface area contributed by atoms with E-state index in [1.165, 1.54) is 6.42 Å². The van der Waals surface area contributed by atoms with Crippen molar-refractivity contribution in [1.82, 2.24) is 4.90 Å². The Hall–Kier alpha value is -0.340. The predicted molar refractivity (Wildman–Crippen MR) is 75.4 cm³/mol. The zero-order chi connectivity index (χ0) is 14.5. The van der Waals surface area contributed by atoms with Crippen LogP contribution < -0.4 is 0 Å². The van der Waals surface area contributed by atoms with Crippen LogP contribution in [0.5, 0.6) is 0 Å². The van der Waals surface area contributed by atoms with E-state index in [1.54, 1.807) is 16.7 Å². The highest BCUT2D eigenvalue weighted by Gasteiger charge is 2.19. The number of thioether (sulfide) groups is 1. The van der Waals surface area contributed by atoms with E-state index in [2.05, 4.69) is 0 Å². The van der Waals surface area contributed by atoms with Crippen molar-refractivity contribution >= 4 is 17.7 Å². The second-order valence-corrected chi connectivity index (χ2v) is 5.52. The predicted octanol–water partition coefficient (Wildman–Crippen LogP) is -0.378. The van der Waals surface area contributed by atoms with Gasteiger partial charge in [-0.3, -0.25) is 9.69 Å². The van der Waals surface area contributed by atoms with Crippen LogP contribution in [0.2, 0.25) is 0 Å². The summed E-state index contributed by atoms with van der Waals surface area (Å²) in [6.45, 7) is 1.75. The first-order valence-electron chi connectivity index (χ1n) is 6.55. The summed E-state index contributed by atoms with van der Waals surface area (Å²) in [4.78, 5) is 12.1. The summed E-state index contributed by atoms with van der Waals surface area (Å²) < 4.78 is 0. The Balaban J connectivity index is 0.000000342. The molecule has 1 atom stereocenters. The Kier molecular flexibility index (Phi) is 12.5. The minimum absolute atomic E-state index is 0.0694. The lowest BCUT2D eigenvalue weighted by Crippen LogP contribution is -2.32. The molecule has 114 valence electrons. The highest BCUT2D eigenvalue weighted by Crippen LogP contribution is 2.24. The fraction of sp³-hybridized carbons (Fsp3) is 0.917. The third kappa shape index (κ3) is 10.1. The molecule has 0 aromatic carbocycles. The number of hydrogen-bond acceptors (Lipinski definition) is 6. The van der Waals surface area contributed by atoms with E-state index < -0.39 is 5.97 Å². The van der Waals surface area contributed by atoms with Crippen LogP contribution in [0.4, 0.5) is 0 Å². The molecule has 19 heavy (non-hydrogen) atoms. The fourth-order valence-corrected chi connectivity index (χ4v) is 2.83. The fourth-order valence-electron chi connectivity index (χ4n) is 1.70. The van der Waals surface area contributed by atoms with Crippen molar-refractivity contribution in [2.45, 2.75) is 24.5 Å². The van der Waals surface area contributed by atoms with Crippen LogP contribution in [-0.4, -0.2) is 81.8 Å². The van der Waals surface area contributed by atoms with Gasteiger partial charge in [-0.2, -0.15) is 0 Å². The molecule has 0 amide bonds. The van der Waals surface area contributed by atoms with Gasteiger partial charge in [-0.25, -0.2) is 0 Å². The summed E-state index contributed by atoms with van der Waals surface area (Å²) in [5.41, 5.74) is 0. The van der Waals surface area contributed by atoms with Crippen molar-refractivity contribution in [3.8, 4) is 0 Å². The van der Waals surface area contributed by atoms with Crippen molar-refractivity contribution in [3.05, 3.63) is 0 Å². The third-order valence-corrected chi connectivity index (χ3v) is 4.07. The summed E-state index contributed by atoms with van der Waals surface area (Å²) in [7, 11) is 0. The lowest BCUT2D eigenvalue weighted by Gasteiger charge is -2.17. The third-order valence-electron chi connectivity index (χ3n) is 2.70. The number of carboxylic acids is 1. The van der Waals surface area contributed by atoms with Crippen molar-refractivity contribution in [3.63, 3.8) is 0 Å². The Labute approximate surface area is 118 Å². The largest absolute Gasteiger partial charge is 0.480 e. The molecular weight excluding hydrogens is 270 g/mol. The van der Waals surface area contributed by atoms with Crippen LogP contribution in [-0.2, 0) is 4.79 Å². The smallest absolute Gasteiger partial charge is 0.316 e. The number of aliphatic carboxylic acids is 1. The number of aliphatic hydroxyl groups excluding tert-OH is 3. The SMILES string of the molecule is O=C(O)C1CCCCS1.OCCN(CCO)CCO. The van der Waals surface area contributed by atoms with Crippen LogP contribution in [0.1, 0.15) is 19.3 Å². The summed E-state index contributed by atoms with van der Waals surface area (Å²) >= 11 is 1.57. The van der Waals surface area contributed by atoms with Crippen LogP contribution in [0.25, 0.3) is 0 Å². The molecule has 1 fully saturated rings. The molecule has 4 N–H and O–H groups in total. The molecule has 6 nitrogen and oxygen atoms in total. The number of carboxylic acid groups (broad SMARTS) is 1. The van der Waals surface area contributed by atoms with Crippen molar-refractivity contribution in [2.24, 2.45) is 0 Å². The molecule has 0 spiro atoms. The Morgan fingerprint density at radius 3 is 1.84 bits per heavy atom. The van der Waals surface area contributed by atoms with Crippen LogP contribution in [0.15, 0.2) is 0 Å². The number of nitrogens with zero attached hydrogens (tertiary/aromatic N) is 1. The second-order valence-electron chi connectivity index (χ2n) is 4.21. The molecule has 1 aliphatic heterocycles. The molecule has 0 aromatic rings. The van der Waals surface area contributed by atoms with Crippen molar-refractivity contribution in [2.75, 3.05) is 45.2 Å². The van der Waals surface area contributed by atoms with Gasteiger partial charge in [0.2, 0.25) is 0 Å². The van der Waals surface area contributed by atoms with Gasteiger partial charge in [-0.05, 0) is 18.6 Å². The number of aliphatic hydroxyl groups is 3. The van der Waals surface area contributed by atoms with E-state index in [0.717, 1.165) is 18.6 Å². The van der Waals surface area contributed by atoms with Gasteiger partial charge in [0.1, 0.15) is 5.25 Å². The molecule has 0 bridgehead atoms. The molecule has 7 heteroatoms. The molecular formula is C12H25NO5S. The molecule has 1 aliphatic rings. The van der Waals surface area contributed by atoms with Gasteiger partial charge in [-0.15, -0.1) is 11.8 Å². The molecule has 0 saturated carbocycles. The molecule has 0 aliphatic carbocycles. The minimum Gasteiger partial charge on any atom is -0.480 e. The average molecular weight is 295 g/mol. The molecule has 1 saturated heterocycles. The maximum Gasteiger partial charge on any atom is 0.316 e. The number of hydrogen-bond donors (Lipinski definition) is 4. The molecule has 1 heterocycles. The van der Waals surface area contributed by atoms with E-state index in [0.29, 0.717) is 19.6 Å². The normalized spacial score (nSPS) is 18.8. The van der Waals surface area contributed by atoms with E-state index >= 15 is 0 Å². The monoisotopic (exact) mass is 295 g/mol. The van der Waals surface area contributed by atoms with Gasteiger partial charge < -0.3 is 20.4 Å². The zero-order valence-corrected chi connectivity index (χ0v) is 12.0. The first-order valence-corrected chi connectivity index (χ1v) is 7.60. The summed E-state index contributed by atoms with van der Waals surface area (Å²) in [6.07, 6.45) is 3.14. The molecule has 1 unspecified atom stereocenters. The van der Waals surface area contributed by atoms with Gasteiger partial charge in [0.25, 0.3) is 0 Å². The molecule has 0 radical (unpaired) electrons. The lowest BCUT2D eigenvalue weighted by atomic mass is 10.2. The summed E-state index contributed by atoms with van der Waals surface area (Å²) in [6, 6.07) is 0. The highest BCUT2D eigenvalue weighted by atomic mass is 32.2. The van der Waals surface area contributed by atoms with E-state index in [4.69, 9.17) is 20.4 Å². The highest BCUT2D eigenvalue weighted by molar-refractivity contribution is 8.00. The van der Waals surface area contributed by atoms with E-state index in [9.17, 15) is 4.79 Å². The number of rotatable bonds is 7. The Bertz CT molecular complexity index is 210. The van der Waals surface area contributed by atoms with Crippen molar-refractivity contribution < 1.29 is 25.2 Å². The quantitative estimate of drug-likeness (QED) is 0.508. The number of carbonyl (C=O) groups is 1. The van der Waals surface area contributed by atoms with Crippen molar-refractivity contribution in [1.29, 1.82) is 0 Å². The van der Waals surface area contributed by atoms with Gasteiger partial charge in [0.15, 0.2) is 0 Å². The Morgan fingerprint density at radius 1 is 1.05 bits per heavy atom. The minimum atomic E-state index is -0.639. The average Bonchev–Trinajstić information content (AvgIpc) is 2.41. The summed E-state index contributed by atoms with van der Waals surface area (Å²) in [5.74, 6) is 0.386. The standard InChI is InChI=1S/C6H15NO3.C6H10O2S/c8-4-1-7(2-5-9)3-6-10;7-6(8)5-3-1-2-4-9-5/h8-10H,1-6H2;5H,1-4H2,(H,7,8). The van der Waals surface area contributed by atoms with Crippen LogP contribution in [0.3, 0.4) is 0 Å². The van der Waals surface area contributed by atoms with E-state index in [1.807, 2.05) is 0 Å². The van der Waals surface area contributed by atoms with Gasteiger partial charge in [-0.1, -0.05) is 6.42 Å². The maximum atomic E-state index is 10.3. The first kappa shape index (κ1) is 18.7. The molecule has 1 rings (SSSR count). The van der Waals surface area contributed by atoms with E-state index in [-0.39, 0.29) is 25.1 Å². The van der Waals surface area contributed by atoms with Gasteiger partial charge in [0, 0.05) is 19.6 Å². The maximum absolute atomic E-state index is 10.3. The summed E-state index contributed by atoms with van der Waals surface area (Å²) in [5, 5.41) is 33.9. The van der Waals surface area contributed by atoms with Gasteiger partial charge >= 0.3 is 5.97 Å². The lowest BCUT2D eigenvalue weighted by molar-refractivity contribution is -0.136. The molecule has 0 aromatic heterocycles. The zero-order valence-electron chi connectivity index (χ0n) is 11.2. The topological polar surface area (TPSA) is 101 Å². The van der Waals surface area contributed by atoms with Crippen LogP contribution in [0, 0.1) is 0 Å². The first-order chi connectivity index (χ1) is 9.15.